The highest BCUT2D eigenvalue weighted by Gasteiger charge is 2.01. The van der Waals surface area contributed by atoms with Crippen LogP contribution < -0.4 is 0 Å². The van der Waals surface area contributed by atoms with E-state index in [1.807, 2.05) is 0 Å². The standard InChI is InChI=1S/C6H7NO2/c1-3-6(8)9-5(2)4-7/h3,5H,1H2,2H3. The van der Waals surface area contributed by atoms with Gasteiger partial charge in [-0.05, 0) is 6.92 Å². The fraction of sp³-hybridized carbons (Fsp3) is 0.333. The van der Waals surface area contributed by atoms with Crippen molar-refractivity contribution in [3.63, 3.8) is 0 Å². The number of nitriles is 1. The fourth-order valence-electron chi connectivity index (χ4n) is 0.249. The maximum absolute atomic E-state index is 10.3. The molecule has 0 bridgehead atoms. The quantitative estimate of drug-likeness (QED) is 0.401. The van der Waals surface area contributed by atoms with Gasteiger partial charge >= 0.3 is 5.97 Å². The first-order valence-electron chi connectivity index (χ1n) is 2.43. The first kappa shape index (κ1) is 7.70. The van der Waals surface area contributed by atoms with Crippen molar-refractivity contribution in [1.29, 1.82) is 5.26 Å². The van der Waals surface area contributed by atoms with Gasteiger partial charge < -0.3 is 4.74 Å². The largest absolute Gasteiger partial charge is 0.444 e. The molecule has 3 heteroatoms. The molecule has 0 fully saturated rings. The summed E-state index contributed by atoms with van der Waals surface area (Å²) in [5, 5.41) is 8.12. The van der Waals surface area contributed by atoms with Crippen LogP contribution >= 0.6 is 0 Å². The van der Waals surface area contributed by atoms with Gasteiger partial charge in [-0.3, -0.25) is 0 Å². The number of carbonyl (C=O) groups excluding carboxylic acids is 1. The summed E-state index contributed by atoms with van der Waals surface area (Å²) in [5.41, 5.74) is 0. The molecule has 0 amide bonds. The number of nitrogens with zero attached hydrogens (tertiary/aromatic N) is 1. The molecule has 0 radical (unpaired) electrons. The van der Waals surface area contributed by atoms with Gasteiger partial charge in [0.15, 0.2) is 6.10 Å². The molecule has 1 unspecified atom stereocenters. The monoisotopic (exact) mass is 125 g/mol. The highest BCUT2D eigenvalue weighted by atomic mass is 16.5. The minimum atomic E-state index is -0.685. The van der Waals surface area contributed by atoms with E-state index in [4.69, 9.17) is 5.26 Å². The molecule has 9 heavy (non-hydrogen) atoms. The molecule has 0 aliphatic carbocycles. The van der Waals surface area contributed by atoms with Crippen molar-refractivity contribution in [2.24, 2.45) is 0 Å². The van der Waals surface area contributed by atoms with Crippen LogP contribution in [0.15, 0.2) is 12.7 Å². The first-order chi connectivity index (χ1) is 4.20. The summed E-state index contributed by atoms with van der Waals surface area (Å²) < 4.78 is 4.43. The van der Waals surface area contributed by atoms with Gasteiger partial charge in [0.05, 0.1) is 0 Å². The Morgan fingerprint density at radius 3 is 2.89 bits per heavy atom. The van der Waals surface area contributed by atoms with Gasteiger partial charge in [-0.2, -0.15) is 5.26 Å². The fourth-order valence-corrected chi connectivity index (χ4v) is 0.249. The van der Waals surface area contributed by atoms with Crippen molar-refractivity contribution in [3.8, 4) is 6.07 Å². The average Bonchev–Trinajstić information content (AvgIpc) is 1.87. The van der Waals surface area contributed by atoms with Gasteiger partial charge in [0.2, 0.25) is 0 Å². The SMILES string of the molecule is C=CC(=O)OC(C)C#N. The number of ether oxygens (including phenoxy) is 1. The molecule has 1 atom stereocenters. The molecule has 0 aliphatic heterocycles. The number of hydrogen-bond acceptors (Lipinski definition) is 3. The van der Waals surface area contributed by atoms with E-state index in [1.54, 1.807) is 6.07 Å². The third-order valence-electron chi connectivity index (χ3n) is 0.641. The maximum Gasteiger partial charge on any atom is 0.331 e. The lowest BCUT2D eigenvalue weighted by Gasteiger charge is -1.99. The molecule has 0 heterocycles. The van der Waals surface area contributed by atoms with E-state index in [-0.39, 0.29) is 0 Å². The average molecular weight is 125 g/mol. The zero-order chi connectivity index (χ0) is 7.28. The van der Waals surface area contributed by atoms with Gasteiger partial charge in [0.1, 0.15) is 6.07 Å². The molecule has 0 aromatic carbocycles. The highest BCUT2D eigenvalue weighted by Crippen LogP contribution is 1.87. The van der Waals surface area contributed by atoms with E-state index >= 15 is 0 Å². The Hall–Kier alpha value is -1.30. The van der Waals surface area contributed by atoms with E-state index in [0.29, 0.717) is 0 Å². The van der Waals surface area contributed by atoms with Crippen LogP contribution in [-0.2, 0) is 9.53 Å². The topological polar surface area (TPSA) is 50.1 Å². The lowest BCUT2D eigenvalue weighted by Crippen LogP contribution is -2.09. The predicted molar refractivity (Wildman–Crippen MR) is 31.4 cm³/mol. The van der Waals surface area contributed by atoms with Gasteiger partial charge in [-0.1, -0.05) is 6.58 Å². The first-order valence-corrected chi connectivity index (χ1v) is 2.43. The lowest BCUT2D eigenvalue weighted by molar-refractivity contribution is -0.139. The molecule has 0 aromatic rings. The van der Waals surface area contributed by atoms with E-state index in [2.05, 4.69) is 11.3 Å². The number of esters is 1. The smallest absolute Gasteiger partial charge is 0.331 e. The van der Waals surface area contributed by atoms with Crippen LogP contribution in [0.1, 0.15) is 6.92 Å². The molecule has 0 saturated carbocycles. The van der Waals surface area contributed by atoms with Crippen LogP contribution in [0.4, 0.5) is 0 Å². The molecule has 0 aromatic heterocycles. The summed E-state index contributed by atoms with van der Waals surface area (Å²) in [6, 6.07) is 1.74. The predicted octanol–water partition coefficient (Wildman–Crippen LogP) is 0.628. The number of carbonyl (C=O) groups is 1. The molecule has 0 spiro atoms. The minimum Gasteiger partial charge on any atom is -0.444 e. The van der Waals surface area contributed by atoms with Crippen LogP contribution in [0, 0.1) is 11.3 Å². The lowest BCUT2D eigenvalue weighted by atomic mass is 10.4. The summed E-state index contributed by atoms with van der Waals surface area (Å²) in [7, 11) is 0. The molecular formula is C6H7NO2. The van der Waals surface area contributed by atoms with E-state index in [1.165, 1.54) is 6.92 Å². The summed E-state index contributed by atoms with van der Waals surface area (Å²) >= 11 is 0. The molecule has 0 aliphatic rings. The second-order valence-electron chi connectivity index (χ2n) is 1.41. The van der Waals surface area contributed by atoms with Crippen molar-refractivity contribution in [2.45, 2.75) is 13.0 Å². The molecule has 0 saturated heterocycles. The van der Waals surface area contributed by atoms with Crippen LogP contribution in [0.25, 0.3) is 0 Å². The zero-order valence-electron chi connectivity index (χ0n) is 5.13. The van der Waals surface area contributed by atoms with Gasteiger partial charge in [0.25, 0.3) is 0 Å². The molecule has 0 rings (SSSR count). The minimum absolute atomic E-state index is 0.566. The van der Waals surface area contributed by atoms with Crippen LogP contribution in [0.2, 0.25) is 0 Å². The summed E-state index contributed by atoms with van der Waals surface area (Å²) in [6.45, 7) is 4.65. The second kappa shape index (κ2) is 3.67. The molecule has 48 valence electrons. The zero-order valence-corrected chi connectivity index (χ0v) is 5.13. The third-order valence-corrected chi connectivity index (χ3v) is 0.641. The highest BCUT2D eigenvalue weighted by molar-refractivity contribution is 5.81. The Kier molecular flexibility index (Phi) is 3.14. The molecule has 3 nitrogen and oxygen atoms in total. The van der Waals surface area contributed by atoms with Crippen molar-refractivity contribution < 1.29 is 9.53 Å². The Bertz CT molecular complexity index is 157. The summed E-state index contributed by atoms with van der Waals surface area (Å²) in [4.78, 5) is 10.3. The van der Waals surface area contributed by atoms with Crippen LogP contribution in [-0.4, -0.2) is 12.1 Å². The maximum atomic E-state index is 10.3. The van der Waals surface area contributed by atoms with Crippen molar-refractivity contribution >= 4 is 5.97 Å². The Labute approximate surface area is 53.5 Å². The summed E-state index contributed by atoms with van der Waals surface area (Å²) in [5.74, 6) is -0.566. The van der Waals surface area contributed by atoms with E-state index in [9.17, 15) is 4.79 Å². The molecular weight excluding hydrogens is 118 g/mol. The number of rotatable bonds is 2. The Morgan fingerprint density at radius 2 is 2.56 bits per heavy atom. The van der Waals surface area contributed by atoms with Crippen LogP contribution in [0.3, 0.4) is 0 Å². The molecule has 0 N–H and O–H groups in total. The van der Waals surface area contributed by atoms with Gasteiger partial charge in [0, 0.05) is 6.08 Å². The van der Waals surface area contributed by atoms with E-state index in [0.717, 1.165) is 6.08 Å². The van der Waals surface area contributed by atoms with Crippen molar-refractivity contribution in [1.82, 2.24) is 0 Å². The van der Waals surface area contributed by atoms with Crippen molar-refractivity contribution in [2.75, 3.05) is 0 Å². The van der Waals surface area contributed by atoms with Gasteiger partial charge in [-0.25, -0.2) is 4.79 Å². The normalized spacial score (nSPS) is 11.1. The Balaban J connectivity index is 3.62. The van der Waals surface area contributed by atoms with Crippen LogP contribution in [0.5, 0.6) is 0 Å². The third kappa shape index (κ3) is 3.30. The second-order valence-corrected chi connectivity index (χ2v) is 1.41. The summed E-state index contributed by atoms with van der Waals surface area (Å²) in [6.07, 6.45) is 0.337. The van der Waals surface area contributed by atoms with Gasteiger partial charge in [-0.15, -0.1) is 0 Å². The van der Waals surface area contributed by atoms with Crippen molar-refractivity contribution in [3.05, 3.63) is 12.7 Å². The Morgan fingerprint density at radius 1 is 2.00 bits per heavy atom. The number of hydrogen-bond donors (Lipinski definition) is 0. The van der Waals surface area contributed by atoms with E-state index < -0.39 is 12.1 Å².